The number of thiocarbonyl (C=S) groups is 1. The van der Waals surface area contributed by atoms with E-state index in [1.54, 1.807) is 11.3 Å². The van der Waals surface area contributed by atoms with Gasteiger partial charge in [-0.1, -0.05) is 30.3 Å². The van der Waals surface area contributed by atoms with Gasteiger partial charge in [-0.2, -0.15) is 0 Å². The predicted octanol–water partition coefficient (Wildman–Crippen LogP) is 3.94. The number of esters is 1. The summed E-state index contributed by atoms with van der Waals surface area (Å²) in [6, 6.07) is 10.3. The number of ether oxygens (including phenoxy) is 1. The first-order valence-electron chi connectivity index (χ1n) is 8.50. The lowest BCUT2D eigenvalue weighted by Crippen LogP contribution is -2.30. The molecule has 1 aliphatic carbocycles. The van der Waals surface area contributed by atoms with Gasteiger partial charge in [-0.3, -0.25) is 0 Å². The van der Waals surface area contributed by atoms with Crippen LogP contribution in [-0.4, -0.2) is 24.7 Å². The fourth-order valence-electron chi connectivity index (χ4n) is 3.08. The number of anilines is 1. The summed E-state index contributed by atoms with van der Waals surface area (Å²) in [5.41, 5.74) is 3.06. The molecule has 0 saturated carbocycles. The largest absolute Gasteiger partial charge is 0.465 e. The van der Waals surface area contributed by atoms with Gasteiger partial charge in [-0.15, -0.1) is 11.3 Å². The SMILES string of the molecule is COC(=O)c1c(NC(=S)NCCc2ccccc2)sc2c1CCCC2. The summed E-state index contributed by atoms with van der Waals surface area (Å²) in [6.45, 7) is 0.745. The van der Waals surface area contributed by atoms with Crippen molar-refractivity contribution in [2.45, 2.75) is 32.1 Å². The second-order valence-electron chi connectivity index (χ2n) is 6.02. The van der Waals surface area contributed by atoms with E-state index in [2.05, 4.69) is 22.8 Å². The number of methoxy groups -OCH3 is 1. The van der Waals surface area contributed by atoms with Gasteiger partial charge in [0.1, 0.15) is 5.00 Å². The minimum atomic E-state index is -0.283. The number of carbonyl (C=O) groups is 1. The van der Waals surface area contributed by atoms with Crippen LogP contribution in [0.1, 0.15) is 39.2 Å². The molecule has 1 aromatic carbocycles. The van der Waals surface area contributed by atoms with Crippen molar-refractivity contribution in [3.63, 3.8) is 0 Å². The lowest BCUT2D eigenvalue weighted by Gasteiger charge is -2.12. The number of rotatable bonds is 5. The van der Waals surface area contributed by atoms with Gasteiger partial charge in [0.25, 0.3) is 0 Å². The molecule has 1 aromatic heterocycles. The van der Waals surface area contributed by atoms with E-state index in [1.807, 2.05) is 18.2 Å². The lowest BCUT2D eigenvalue weighted by atomic mass is 9.95. The van der Waals surface area contributed by atoms with Gasteiger partial charge in [0, 0.05) is 11.4 Å². The molecule has 0 aliphatic heterocycles. The normalized spacial score (nSPS) is 13.0. The van der Waals surface area contributed by atoms with Gasteiger partial charge >= 0.3 is 5.97 Å². The van der Waals surface area contributed by atoms with E-state index in [9.17, 15) is 4.79 Å². The van der Waals surface area contributed by atoms with E-state index in [4.69, 9.17) is 17.0 Å². The third-order valence-electron chi connectivity index (χ3n) is 4.33. The summed E-state index contributed by atoms with van der Waals surface area (Å²) in [5.74, 6) is -0.283. The van der Waals surface area contributed by atoms with Crippen molar-refractivity contribution in [1.82, 2.24) is 5.32 Å². The molecule has 0 amide bonds. The third kappa shape index (κ3) is 4.38. The first kappa shape index (κ1) is 17.9. The number of aryl methyl sites for hydroxylation is 1. The lowest BCUT2D eigenvalue weighted by molar-refractivity contribution is 0.0601. The van der Waals surface area contributed by atoms with Gasteiger partial charge in [-0.25, -0.2) is 4.79 Å². The van der Waals surface area contributed by atoms with Crippen molar-refractivity contribution in [2.75, 3.05) is 19.0 Å². The Morgan fingerprint density at radius 2 is 2.00 bits per heavy atom. The van der Waals surface area contributed by atoms with E-state index in [1.165, 1.54) is 24.0 Å². The van der Waals surface area contributed by atoms with E-state index in [0.717, 1.165) is 42.8 Å². The Labute approximate surface area is 157 Å². The number of hydrogen-bond acceptors (Lipinski definition) is 4. The van der Waals surface area contributed by atoms with Crippen molar-refractivity contribution in [3.05, 3.63) is 51.9 Å². The zero-order valence-electron chi connectivity index (χ0n) is 14.3. The average molecular weight is 375 g/mol. The molecule has 2 N–H and O–H groups in total. The fourth-order valence-corrected chi connectivity index (χ4v) is 4.63. The third-order valence-corrected chi connectivity index (χ3v) is 5.78. The molecule has 1 heterocycles. The Morgan fingerprint density at radius 1 is 1.24 bits per heavy atom. The molecular formula is C19H22N2O2S2. The second-order valence-corrected chi connectivity index (χ2v) is 7.54. The van der Waals surface area contributed by atoms with Crippen LogP contribution in [0.25, 0.3) is 0 Å². The standard InChI is InChI=1S/C19H22N2O2S2/c1-23-18(22)16-14-9-5-6-10-15(14)25-17(16)21-19(24)20-12-11-13-7-3-2-4-8-13/h2-4,7-8H,5-6,9-12H2,1H3,(H2,20,21,24). The Kier molecular flexibility index (Phi) is 6.04. The Balaban J connectivity index is 1.64. The zero-order valence-corrected chi connectivity index (χ0v) is 15.9. The van der Waals surface area contributed by atoms with E-state index in [-0.39, 0.29) is 5.97 Å². The molecule has 132 valence electrons. The molecule has 6 heteroatoms. The summed E-state index contributed by atoms with van der Waals surface area (Å²) < 4.78 is 4.99. The molecule has 0 unspecified atom stereocenters. The van der Waals surface area contributed by atoms with Gasteiger partial charge < -0.3 is 15.4 Å². The van der Waals surface area contributed by atoms with Gasteiger partial charge in [0.15, 0.2) is 5.11 Å². The first-order chi connectivity index (χ1) is 12.2. The minimum absolute atomic E-state index is 0.283. The fraction of sp³-hybridized carbons (Fsp3) is 0.368. The highest BCUT2D eigenvalue weighted by Gasteiger charge is 2.26. The van der Waals surface area contributed by atoms with Crippen molar-refractivity contribution >= 4 is 39.6 Å². The second kappa shape index (κ2) is 8.45. The van der Waals surface area contributed by atoms with Crippen LogP contribution in [0, 0.1) is 0 Å². The molecule has 1 aliphatic rings. The summed E-state index contributed by atoms with van der Waals surface area (Å²) in [6.07, 6.45) is 5.15. The van der Waals surface area contributed by atoms with Crippen LogP contribution in [0.4, 0.5) is 5.00 Å². The molecule has 0 atom stereocenters. The maximum Gasteiger partial charge on any atom is 0.341 e. The van der Waals surface area contributed by atoms with Crippen LogP contribution in [0.2, 0.25) is 0 Å². The summed E-state index contributed by atoms with van der Waals surface area (Å²) in [4.78, 5) is 13.5. The summed E-state index contributed by atoms with van der Waals surface area (Å²) >= 11 is 7.03. The quantitative estimate of drug-likeness (QED) is 0.613. The Hall–Kier alpha value is -1.92. The molecule has 25 heavy (non-hydrogen) atoms. The van der Waals surface area contributed by atoms with Crippen molar-refractivity contribution in [3.8, 4) is 0 Å². The topological polar surface area (TPSA) is 50.4 Å². The van der Waals surface area contributed by atoms with E-state index < -0.39 is 0 Å². The van der Waals surface area contributed by atoms with Crippen LogP contribution in [0.3, 0.4) is 0 Å². The zero-order chi connectivity index (χ0) is 17.6. The average Bonchev–Trinajstić information content (AvgIpc) is 2.99. The molecular weight excluding hydrogens is 352 g/mol. The van der Waals surface area contributed by atoms with Crippen LogP contribution in [0.15, 0.2) is 30.3 Å². The van der Waals surface area contributed by atoms with E-state index >= 15 is 0 Å². The highest BCUT2D eigenvalue weighted by atomic mass is 32.1. The molecule has 0 radical (unpaired) electrons. The molecule has 3 rings (SSSR count). The molecule has 2 aromatic rings. The Bertz CT molecular complexity index is 756. The van der Waals surface area contributed by atoms with Crippen LogP contribution in [0.5, 0.6) is 0 Å². The van der Waals surface area contributed by atoms with Crippen LogP contribution in [-0.2, 0) is 24.0 Å². The van der Waals surface area contributed by atoms with Crippen molar-refractivity contribution < 1.29 is 9.53 Å². The maximum absolute atomic E-state index is 12.2. The molecule has 0 spiro atoms. The van der Waals surface area contributed by atoms with Gasteiger partial charge in [-0.05, 0) is 55.4 Å². The highest BCUT2D eigenvalue weighted by molar-refractivity contribution is 7.80. The number of thiophene rings is 1. The molecule has 0 fully saturated rings. The number of fused-ring (bicyclic) bond motifs is 1. The minimum Gasteiger partial charge on any atom is -0.465 e. The molecule has 4 nitrogen and oxygen atoms in total. The highest BCUT2D eigenvalue weighted by Crippen LogP contribution is 2.38. The van der Waals surface area contributed by atoms with Gasteiger partial charge in [0.05, 0.1) is 12.7 Å². The van der Waals surface area contributed by atoms with Gasteiger partial charge in [0.2, 0.25) is 0 Å². The summed E-state index contributed by atoms with van der Waals surface area (Å²) in [7, 11) is 1.43. The first-order valence-corrected chi connectivity index (χ1v) is 9.73. The number of benzene rings is 1. The number of nitrogens with one attached hydrogen (secondary N) is 2. The summed E-state index contributed by atoms with van der Waals surface area (Å²) in [5, 5.41) is 7.77. The van der Waals surface area contributed by atoms with E-state index in [0.29, 0.717) is 10.7 Å². The monoisotopic (exact) mass is 374 g/mol. The Morgan fingerprint density at radius 3 is 2.76 bits per heavy atom. The van der Waals surface area contributed by atoms with Crippen LogP contribution < -0.4 is 10.6 Å². The van der Waals surface area contributed by atoms with Crippen LogP contribution >= 0.6 is 23.6 Å². The molecule has 0 saturated heterocycles. The smallest absolute Gasteiger partial charge is 0.341 e. The molecule has 0 bridgehead atoms. The maximum atomic E-state index is 12.2. The van der Waals surface area contributed by atoms with Crippen molar-refractivity contribution in [2.24, 2.45) is 0 Å². The van der Waals surface area contributed by atoms with Crippen molar-refractivity contribution in [1.29, 1.82) is 0 Å². The predicted molar refractivity (Wildman–Crippen MR) is 107 cm³/mol. The number of carbonyl (C=O) groups excluding carboxylic acids is 1. The number of hydrogen-bond donors (Lipinski definition) is 2.